The van der Waals surface area contributed by atoms with Crippen molar-refractivity contribution in [2.45, 2.75) is 51.3 Å². The second-order valence-electron chi connectivity index (χ2n) is 9.45. The van der Waals surface area contributed by atoms with Gasteiger partial charge < -0.3 is 15.3 Å². The average Bonchev–Trinajstić information content (AvgIpc) is 2.83. The van der Waals surface area contributed by atoms with E-state index in [1.165, 1.54) is 16.7 Å². The Bertz CT molecular complexity index is 865. The van der Waals surface area contributed by atoms with Crippen molar-refractivity contribution in [1.82, 2.24) is 15.1 Å². The molecule has 2 aromatic carbocycles. The van der Waals surface area contributed by atoms with Gasteiger partial charge in [-0.3, -0.25) is 9.89 Å². The number of hydrogen-bond donors (Lipinski definition) is 2. The molecule has 0 spiro atoms. The first kappa shape index (κ1) is 26.0. The van der Waals surface area contributed by atoms with Crippen molar-refractivity contribution in [2.24, 2.45) is 10.9 Å². The van der Waals surface area contributed by atoms with Crippen LogP contribution in [-0.2, 0) is 13.1 Å². The Morgan fingerprint density at radius 2 is 1.64 bits per heavy atom. The Balaban J connectivity index is 0.00000306. The van der Waals surface area contributed by atoms with Crippen LogP contribution in [0.5, 0.6) is 0 Å². The van der Waals surface area contributed by atoms with E-state index in [1.54, 1.807) is 0 Å². The Hall–Kier alpha value is -1.64. The normalized spacial score (nSPS) is 22.6. The molecule has 4 rings (SSSR count). The third-order valence-corrected chi connectivity index (χ3v) is 7.08. The van der Waals surface area contributed by atoms with Gasteiger partial charge in [0.25, 0.3) is 0 Å². The zero-order valence-corrected chi connectivity index (χ0v) is 22.3. The van der Waals surface area contributed by atoms with E-state index in [1.807, 2.05) is 7.05 Å². The van der Waals surface area contributed by atoms with Crippen LogP contribution < -0.4 is 5.32 Å². The molecule has 0 saturated carbocycles. The molecule has 2 atom stereocenters. The van der Waals surface area contributed by atoms with Crippen molar-refractivity contribution in [3.63, 3.8) is 0 Å². The number of nitrogens with zero attached hydrogens (tertiary/aromatic N) is 3. The predicted octanol–water partition coefficient (Wildman–Crippen LogP) is 4.46. The zero-order chi connectivity index (χ0) is 22.3. The maximum atomic E-state index is 9.68. The Morgan fingerprint density at radius 1 is 0.970 bits per heavy atom. The van der Waals surface area contributed by atoms with E-state index in [4.69, 9.17) is 0 Å². The van der Waals surface area contributed by atoms with Crippen LogP contribution in [0.15, 0.2) is 59.6 Å². The molecule has 0 amide bonds. The first-order valence-corrected chi connectivity index (χ1v) is 12.1. The second kappa shape index (κ2) is 12.7. The SMILES string of the molecule is CN=C(NCc1ccc(CN2CCC(O)CC2)cc1)N1CCC(c2ccccc2)C(C)C1.I. The van der Waals surface area contributed by atoms with Crippen molar-refractivity contribution in [1.29, 1.82) is 0 Å². The standard InChI is InChI=1S/C27H38N4O.HI/c1-21-19-31(17-14-26(21)24-6-4-3-5-7-24)27(28-2)29-18-22-8-10-23(11-9-22)20-30-15-12-25(32)13-16-30;/h3-11,21,25-26,32H,12-20H2,1-2H3,(H,28,29);1H. The highest BCUT2D eigenvalue weighted by Gasteiger charge is 2.28. The summed E-state index contributed by atoms with van der Waals surface area (Å²) in [5, 5.41) is 13.3. The number of halogens is 1. The van der Waals surface area contributed by atoms with E-state index in [9.17, 15) is 5.11 Å². The molecule has 2 saturated heterocycles. The molecule has 0 aliphatic carbocycles. The minimum atomic E-state index is -0.110. The summed E-state index contributed by atoms with van der Waals surface area (Å²) in [6.45, 7) is 8.15. The number of aliphatic hydroxyl groups is 1. The van der Waals surface area contributed by atoms with Crippen LogP contribution in [-0.4, -0.2) is 60.2 Å². The van der Waals surface area contributed by atoms with Gasteiger partial charge in [0.05, 0.1) is 6.10 Å². The number of piperidine rings is 2. The van der Waals surface area contributed by atoms with E-state index in [0.29, 0.717) is 11.8 Å². The highest BCUT2D eigenvalue weighted by atomic mass is 127. The average molecular weight is 563 g/mol. The van der Waals surface area contributed by atoms with E-state index in [-0.39, 0.29) is 30.1 Å². The van der Waals surface area contributed by atoms with E-state index in [0.717, 1.165) is 64.5 Å². The lowest BCUT2D eigenvalue weighted by Crippen LogP contribution is -2.47. The number of rotatable bonds is 5. The monoisotopic (exact) mass is 562 g/mol. The van der Waals surface area contributed by atoms with E-state index < -0.39 is 0 Å². The van der Waals surface area contributed by atoms with Crippen molar-refractivity contribution >= 4 is 29.9 Å². The van der Waals surface area contributed by atoms with E-state index in [2.05, 4.69) is 81.6 Å². The molecule has 0 radical (unpaired) electrons. The second-order valence-corrected chi connectivity index (χ2v) is 9.45. The number of guanidine groups is 1. The number of likely N-dealkylation sites (tertiary alicyclic amines) is 2. The van der Waals surface area contributed by atoms with Crippen molar-refractivity contribution < 1.29 is 5.11 Å². The Labute approximate surface area is 216 Å². The fourth-order valence-corrected chi connectivity index (χ4v) is 5.14. The maximum Gasteiger partial charge on any atom is 0.193 e. The third kappa shape index (κ3) is 7.17. The number of aliphatic hydroxyl groups excluding tert-OH is 1. The number of aliphatic imine (C=N–C) groups is 1. The highest BCUT2D eigenvalue weighted by molar-refractivity contribution is 14.0. The van der Waals surface area contributed by atoms with Crippen molar-refractivity contribution in [2.75, 3.05) is 33.2 Å². The molecule has 33 heavy (non-hydrogen) atoms. The molecule has 2 aromatic rings. The number of nitrogens with one attached hydrogen (secondary N) is 1. The molecular formula is C27H39IN4O. The lowest BCUT2D eigenvalue weighted by molar-refractivity contribution is 0.0792. The summed E-state index contributed by atoms with van der Waals surface area (Å²) in [4.78, 5) is 9.40. The van der Waals surface area contributed by atoms with Gasteiger partial charge in [-0.05, 0) is 47.8 Å². The van der Waals surface area contributed by atoms with Crippen molar-refractivity contribution in [3.05, 3.63) is 71.3 Å². The Kier molecular flexibility index (Phi) is 10.0. The van der Waals surface area contributed by atoms with Crippen LogP contribution in [0.2, 0.25) is 0 Å². The van der Waals surface area contributed by atoms with Gasteiger partial charge in [-0.15, -0.1) is 24.0 Å². The van der Waals surface area contributed by atoms with Crippen LogP contribution in [0, 0.1) is 5.92 Å². The lowest BCUT2D eigenvalue weighted by Gasteiger charge is -2.39. The van der Waals surface area contributed by atoms with Gasteiger partial charge in [-0.25, -0.2) is 0 Å². The molecule has 2 unspecified atom stereocenters. The molecular weight excluding hydrogens is 523 g/mol. The molecule has 180 valence electrons. The molecule has 0 aromatic heterocycles. The summed E-state index contributed by atoms with van der Waals surface area (Å²) < 4.78 is 0. The quantitative estimate of drug-likeness (QED) is 0.321. The fourth-order valence-electron chi connectivity index (χ4n) is 5.14. The number of hydrogen-bond acceptors (Lipinski definition) is 3. The summed E-state index contributed by atoms with van der Waals surface area (Å²) in [5.74, 6) is 2.22. The highest BCUT2D eigenvalue weighted by Crippen LogP contribution is 2.32. The number of benzene rings is 2. The summed E-state index contributed by atoms with van der Waals surface area (Å²) in [7, 11) is 1.88. The zero-order valence-electron chi connectivity index (χ0n) is 20.0. The van der Waals surface area contributed by atoms with Crippen LogP contribution in [0.4, 0.5) is 0 Å². The Morgan fingerprint density at radius 3 is 2.27 bits per heavy atom. The first-order chi connectivity index (χ1) is 15.6. The molecule has 2 N–H and O–H groups in total. The molecule has 2 heterocycles. The van der Waals surface area contributed by atoms with Gasteiger partial charge in [-0.2, -0.15) is 0 Å². The van der Waals surface area contributed by atoms with Gasteiger partial charge in [0.1, 0.15) is 0 Å². The van der Waals surface area contributed by atoms with Gasteiger partial charge in [0.15, 0.2) is 5.96 Å². The smallest absolute Gasteiger partial charge is 0.193 e. The first-order valence-electron chi connectivity index (χ1n) is 12.1. The predicted molar refractivity (Wildman–Crippen MR) is 147 cm³/mol. The summed E-state index contributed by atoms with van der Waals surface area (Å²) in [6.07, 6.45) is 2.83. The van der Waals surface area contributed by atoms with Crippen LogP contribution >= 0.6 is 24.0 Å². The molecule has 2 aliphatic heterocycles. The van der Waals surface area contributed by atoms with Crippen molar-refractivity contribution in [3.8, 4) is 0 Å². The van der Waals surface area contributed by atoms with Gasteiger partial charge in [0.2, 0.25) is 0 Å². The molecule has 2 fully saturated rings. The van der Waals surface area contributed by atoms with Crippen LogP contribution in [0.3, 0.4) is 0 Å². The maximum absolute atomic E-state index is 9.68. The fraction of sp³-hybridized carbons (Fsp3) is 0.519. The molecule has 0 bridgehead atoms. The third-order valence-electron chi connectivity index (χ3n) is 7.08. The van der Waals surface area contributed by atoms with Crippen LogP contribution in [0.1, 0.15) is 48.8 Å². The molecule has 2 aliphatic rings. The summed E-state index contributed by atoms with van der Waals surface area (Å²) in [6, 6.07) is 19.8. The molecule has 5 nitrogen and oxygen atoms in total. The minimum absolute atomic E-state index is 0. The summed E-state index contributed by atoms with van der Waals surface area (Å²) >= 11 is 0. The largest absolute Gasteiger partial charge is 0.393 e. The topological polar surface area (TPSA) is 51.1 Å². The van der Waals surface area contributed by atoms with E-state index >= 15 is 0 Å². The lowest BCUT2D eigenvalue weighted by atomic mass is 9.82. The summed E-state index contributed by atoms with van der Waals surface area (Å²) in [5.41, 5.74) is 4.07. The van der Waals surface area contributed by atoms with Gasteiger partial charge in [-0.1, -0.05) is 61.5 Å². The van der Waals surface area contributed by atoms with Gasteiger partial charge >= 0.3 is 0 Å². The minimum Gasteiger partial charge on any atom is -0.393 e. The molecule has 6 heteroatoms. The van der Waals surface area contributed by atoms with Crippen LogP contribution in [0.25, 0.3) is 0 Å². The van der Waals surface area contributed by atoms with Gasteiger partial charge in [0, 0.05) is 46.3 Å².